The molecule has 1 atom stereocenters. The maximum Gasteiger partial charge on any atom is 0.238 e. The number of hydrogen-bond donors (Lipinski definition) is 2. The van der Waals surface area contributed by atoms with E-state index in [1.807, 2.05) is 57.2 Å². The molecule has 28 heavy (non-hydrogen) atoms. The standard InChI is InChI=1S/C23H31N3O2/c1-17-9-8-12-21(19(17)3)25-23(28)16-26(4)15-22(27)24-18(2)13-14-20-10-6-5-7-11-20/h5-12,18H,13-16H2,1-4H3,(H,24,27)(H,25,28)/t18-/m0/s1. The first-order valence-corrected chi connectivity index (χ1v) is 9.73. The van der Waals surface area contributed by atoms with Gasteiger partial charge in [0.2, 0.25) is 11.8 Å². The Bertz CT molecular complexity index is 790. The predicted molar refractivity (Wildman–Crippen MR) is 114 cm³/mol. The summed E-state index contributed by atoms with van der Waals surface area (Å²) in [6.07, 6.45) is 1.81. The summed E-state index contributed by atoms with van der Waals surface area (Å²) >= 11 is 0. The minimum atomic E-state index is -0.124. The number of likely N-dealkylation sites (N-methyl/N-ethyl adjacent to an activating group) is 1. The Morgan fingerprint density at radius 2 is 1.64 bits per heavy atom. The summed E-state index contributed by atoms with van der Waals surface area (Å²) in [6.45, 7) is 6.36. The highest BCUT2D eigenvalue weighted by Gasteiger charge is 2.13. The number of rotatable bonds is 9. The van der Waals surface area contributed by atoms with Crippen LogP contribution in [0.1, 0.15) is 30.0 Å². The van der Waals surface area contributed by atoms with Crippen molar-refractivity contribution in [3.63, 3.8) is 0 Å². The lowest BCUT2D eigenvalue weighted by atomic mass is 10.1. The van der Waals surface area contributed by atoms with Gasteiger partial charge in [0.25, 0.3) is 0 Å². The van der Waals surface area contributed by atoms with Crippen LogP contribution in [0, 0.1) is 13.8 Å². The highest BCUT2D eigenvalue weighted by atomic mass is 16.2. The van der Waals surface area contributed by atoms with Crippen LogP contribution in [-0.2, 0) is 16.0 Å². The van der Waals surface area contributed by atoms with Gasteiger partial charge in [-0.2, -0.15) is 0 Å². The zero-order valence-electron chi connectivity index (χ0n) is 17.3. The van der Waals surface area contributed by atoms with Gasteiger partial charge in [0, 0.05) is 11.7 Å². The van der Waals surface area contributed by atoms with Gasteiger partial charge < -0.3 is 10.6 Å². The van der Waals surface area contributed by atoms with Gasteiger partial charge in [-0.25, -0.2) is 0 Å². The van der Waals surface area contributed by atoms with Gasteiger partial charge in [0.1, 0.15) is 0 Å². The molecule has 0 saturated carbocycles. The molecule has 0 spiro atoms. The molecule has 0 fully saturated rings. The fraction of sp³-hybridized carbons (Fsp3) is 0.391. The fourth-order valence-electron chi connectivity index (χ4n) is 3.04. The van der Waals surface area contributed by atoms with Crippen LogP contribution in [-0.4, -0.2) is 42.9 Å². The van der Waals surface area contributed by atoms with Crippen LogP contribution in [0.25, 0.3) is 0 Å². The number of benzene rings is 2. The van der Waals surface area contributed by atoms with Crippen LogP contribution in [0.2, 0.25) is 0 Å². The first kappa shape index (κ1) is 21.6. The zero-order chi connectivity index (χ0) is 20.5. The maximum absolute atomic E-state index is 12.3. The maximum atomic E-state index is 12.3. The van der Waals surface area contributed by atoms with Crippen LogP contribution in [0.4, 0.5) is 5.69 Å². The minimum Gasteiger partial charge on any atom is -0.353 e. The molecule has 0 unspecified atom stereocenters. The largest absolute Gasteiger partial charge is 0.353 e. The molecule has 5 heteroatoms. The molecule has 0 aromatic heterocycles. The second kappa shape index (κ2) is 10.6. The Kier molecular flexibility index (Phi) is 8.20. The topological polar surface area (TPSA) is 61.4 Å². The summed E-state index contributed by atoms with van der Waals surface area (Å²) in [7, 11) is 1.77. The number of hydrogen-bond acceptors (Lipinski definition) is 3. The van der Waals surface area contributed by atoms with Crippen molar-refractivity contribution in [2.75, 3.05) is 25.5 Å². The van der Waals surface area contributed by atoms with Crippen LogP contribution >= 0.6 is 0 Å². The lowest BCUT2D eigenvalue weighted by molar-refractivity contribution is -0.123. The van der Waals surface area contributed by atoms with Gasteiger partial charge in [0.05, 0.1) is 13.1 Å². The molecule has 0 bridgehead atoms. The molecule has 0 aliphatic rings. The number of anilines is 1. The number of amides is 2. The quantitative estimate of drug-likeness (QED) is 0.701. The van der Waals surface area contributed by atoms with E-state index in [4.69, 9.17) is 0 Å². The highest BCUT2D eigenvalue weighted by Crippen LogP contribution is 2.17. The van der Waals surface area contributed by atoms with E-state index >= 15 is 0 Å². The molecule has 2 rings (SSSR count). The van der Waals surface area contributed by atoms with Crippen LogP contribution in [0.5, 0.6) is 0 Å². The lowest BCUT2D eigenvalue weighted by Gasteiger charge is -2.19. The summed E-state index contributed by atoms with van der Waals surface area (Å²) in [6, 6.07) is 16.2. The van der Waals surface area contributed by atoms with E-state index in [0.717, 1.165) is 29.7 Å². The summed E-state index contributed by atoms with van der Waals surface area (Å²) in [5, 5.41) is 5.93. The predicted octanol–water partition coefficient (Wildman–Crippen LogP) is 3.31. The zero-order valence-corrected chi connectivity index (χ0v) is 17.3. The smallest absolute Gasteiger partial charge is 0.238 e. The second-order valence-corrected chi connectivity index (χ2v) is 7.46. The van der Waals surface area contributed by atoms with Crippen molar-refractivity contribution in [3.05, 3.63) is 65.2 Å². The van der Waals surface area contributed by atoms with Crippen molar-refractivity contribution in [1.29, 1.82) is 0 Å². The number of carbonyl (C=O) groups is 2. The lowest BCUT2D eigenvalue weighted by Crippen LogP contribution is -2.42. The van der Waals surface area contributed by atoms with Gasteiger partial charge in [-0.3, -0.25) is 14.5 Å². The van der Waals surface area contributed by atoms with Crippen molar-refractivity contribution in [3.8, 4) is 0 Å². The van der Waals surface area contributed by atoms with Crippen LogP contribution in [0.15, 0.2) is 48.5 Å². The molecule has 0 heterocycles. The Morgan fingerprint density at radius 1 is 0.964 bits per heavy atom. The van der Waals surface area contributed by atoms with Crippen molar-refractivity contribution in [2.24, 2.45) is 0 Å². The van der Waals surface area contributed by atoms with E-state index in [-0.39, 0.29) is 30.9 Å². The molecule has 150 valence electrons. The van der Waals surface area contributed by atoms with Gasteiger partial charge in [0.15, 0.2) is 0 Å². The molecule has 0 radical (unpaired) electrons. The molecule has 2 amide bonds. The molecule has 0 aliphatic heterocycles. The Labute approximate surface area is 168 Å². The molecule has 0 saturated heterocycles. The van der Waals surface area contributed by atoms with Crippen molar-refractivity contribution in [1.82, 2.24) is 10.2 Å². The molecule has 5 nitrogen and oxygen atoms in total. The Morgan fingerprint density at radius 3 is 2.36 bits per heavy atom. The summed E-state index contributed by atoms with van der Waals surface area (Å²) < 4.78 is 0. The average Bonchev–Trinajstić information content (AvgIpc) is 2.64. The summed E-state index contributed by atoms with van der Waals surface area (Å²) in [4.78, 5) is 26.2. The van der Waals surface area contributed by atoms with Crippen LogP contribution < -0.4 is 10.6 Å². The summed E-state index contributed by atoms with van der Waals surface area (Å²) in [5.41, 5.74) is 4.28. The van der Waals surface area contributed by atoms with Crippen molar-refractivity contribution >= 4 is 17.5 Å². The first-order chi connectivity index (χ1) is 13.3. The van der Waals surface area contributed by atoms with Gasteiger partial charge in [-0.15, -0.1) is 0 Å². The average molecular weight is 382 g/mol. The minimum absolute atomic E-state index is 0.0670. The van der Waals surface area contributed by atoms with Crippen molar-refractivity contribution in [2.45, 2.75) is 39.7 Å². The number of carbonyl (C=O) groups excluding carboxylic acids is 2. The summed E-state index contributed by atoms with van der Waals surface area (Å²) in [5.74, 6) is -0.191. The van der Waals surface area contributed by atoms with E-state index in [9.17, 15) is 9.59 Å². The molecule has 2 aromatic carbocycles. The fourth-order valence-corrected chi connectivity index (χ4v) is 3.04. The van der Waals surface area contributed by atoms with Crippen molar-refractivity contribution < 1.29 is 9.59 Å². The third-order valence-electron chi connectivity index (χ3n) is 4.82. The monoisotopic (exact) mass is 381 g/mol. The molecule has 2 aromatic rings. The SMILES string of the molecule is Cc1cccc(NC(=O)CN(C)CC(=O)N[C@@H](C)CCc2ccccc2)c1C. The van der Waals surface area contributed by atoms with Gasteiger partial charge in [-0.05, 0) is 63.4 Å². The number of nitrogens with one attached hydrogen (secondary N) is 2. The van der Waals surface area contributed by atoms with E-state index in [1.54, 1.807) is 11.9 Å². The van der Waals surface area contributed by atoms with E-state index in [1.165, 1.54) is 5.56 Å². The second-order valence-electron chi connectivity index (χ2n) is 7.46. The third-order valence-corrected chi connectivity index (χ3v) is 4.82. The third kappa shape index (κ3) is 7.16. The first-order valence-electron chi connectivity index (χ1n) is 9.73. The Hall–Kier alpha value is -2.66. The van der Waals surface area contributed by atoms with E-state index in [0.29, 0.717) is 0 Å². The highest BCUT2D eigenvalue weighted by molar-refractivity contribution is 5.93. The normalized spacial score (nSPS) is 11.9. The number of aryl methyl sites for hydroxylation is 2. The van der Waals surface area contributed by atoms with E-state index in [2.05, 4.69) is 22.8 Å². The van der Waals surface area contributed by atoms with Gasteiger partial charge >= 0.3 is 0 Å². The Balaban J connectivity index is 1.72. The number of nitrogens with zero attached hydrogens (tertiary/aromatic N) is 1. The molecular formula is C23H31N3O2. The molecule has 2 N–H and O–H groups in total. The molecular weight excluding hydrogens is 350 g/mol. The van der Waals surface area contributed by atoms with Gasteiger partial charge in [-0.1, -0.05) is 42.5 Å². The van der Waals surface area contributed by atoms with Crippen LogP contribution in [0.3, 0.4) is 0 Å². The van der Waals surface area contributed by atoms with E-state index < -0.39 is 0 Å². The molecule has 0 aliphatic carbocycles.